The van der Waals surface area contributed by atoms with Crippen LogP contribution in [0.1, 0.15) is 32.8 Å². The fourth-order valence-corrected chi connectivity index (χ4v) is 2.78. The van der Waals surface area contributed by atoms with Gasteiger partial charge in [-0.3, -0.25) is 14.5 Å². The summed E-state index contributed by atoms with van der Waals surface area (Å²) in [5.41, 5.74) is -0.484. The number of carbonyl (C=O) groups is 3. The Kier molecular flexibility index (Phi) is 5.64. The Hall–Kier alpha value is -1.89. The Morgan fingerprint density at radius 2 is 1.92 bits per heavy atom. The summed E-state index contributed by atoms with van der Waals surface area (Å²) in [4.78, 5) is 37.8. The van der Waals surface area contributed by atoms with Crippen LogP contribution in [0, 0.1) is 5.92 Å². The van der Waals surface area contributed by atoms with Gasteiger partial charge in [0.05, 0.1) is 0 Å². The summed E-state index contributed by atoms with van der Waals surface area (Å²) in [6.07, 6.45) is 0.850. The fourth-order valence-electron chi connectivity index (χ4n) is 2.52. The second-order valence-corrected chi connectivity index (χ2v) is 7.40. The predicted molar refractivity (Wildman–Crippen MR) is 94.2 cm³/mol. The molecule has 1 aromatic rings. The van der Waals surface area contributed by atoms with Crippen LogP contribution in [0.4, 0.5) is 4.79 Å². The molecule has 1 atom stereocenters. The molecule has 1 fully saturated rings. The van der Waals surface area contributed by atoms with Crippen molar-refractivity contribution in [3.05, 3.63) is 34.3 Å². The molecule has 0 unspecified atom stereocenters. The molecule has 0 saturated carbocycles. The summed E-state index contributed by atoms with van der Waals surface area (Å²) in [6, 6.07) is 6.61. The molecule has 0 bridgehead atoms. The molecule has 1 saturated heterocycles. The summed E-state index contributed by atoms with van der Waals surface area (Å²) < 4.78 is 0.882. The number of benzene rings is 1. The zero-order chi connectivity index (χ0) is 17.9. The minimum absolute atomic E-state index is 0.269. The molecular weight excluding hydrogens is 374 g/mol. The van der Waals surface area contributed by atoms with Crippen LogP contribution in [-0.4, -0.2) is 35.8 Å². The van der Waals surface area contributed by atoms with Gasteiger partial charge in [0, 0.05) is 11.0 Å². The van der Waals surface area contributed by atoms with Crippen LogP contribution in [-0.2, 0) is 15.1 Å². The van der Waals surface area contributed by atoms with Crippen LogP contribution in [0.25, 0.3) is 0 Å². The monoisotopic (exact) mass is 395 g/mol. The van der Waals surface area contributed by atoms with E-state index in [9.17, 15) is 14.4 Å². The van der Waals surface area contributed by atoms with Gasteiger partial charge < -0.3 is 10.6 Å². The standard InChI is InChI=1S/C17H22BrN3O3/c1-11(2)8-9-19-14(22)10-21-15(23)17(3,20-16(21)24)12-4-6-13(18)7-5-12/h4-7,11H,8-10H2,1-3H3,(H,19,22)(H,20,24)/t17-/m0/s1. The minimum Gasteiger partial charge on any atom is -0.355 e. The van der Waals surface area contributed by atoms with Crippen LogP contribution in [0.3, 0.4) is 0 Å². The van der Waals surface area contributed by atoms with Gasteiger partial charge in [-0.1, -0.05) is 41.9 Å². The Morgan fingerprint density at radius 3 is 2.50 bits per heavy atom. The predicted octanol–water partition coefficient (Wildman–Crippen LogP) is 2.38. The highest BCUT2D eigenvalue weighted by atomic mass is 79.9. The number of rotatable bonds is 6. The maximum absolute atomic E-state index is 12.7. The van der Waals surface area contributed by atoms with E-state index < -0.39 is 17.5 Å². The summed E-state index contributed by atoms with van der Waals surface area (Å²) in [5, 5.41) is 5.43. The fraction of sp³-hybridized carbons (Fsp3) is 0.471. The number of urea groups is 1. The third-order valence-electron chi connectivity index (χ3n) is 4.04. The number of halogens is 1. The SMILES string of the molecule is CC(C)CCNC(=O)CN1C(=O)N[C@@](C)(c2ccc(Br)cc2)C1=O. The topological polar surface area (TPSA) is 78.5 Å². The number of carbonyl (C=O) groups excluding carboxylic acids is 3. The first-order valence-corrected chi connectivity index (χ1v) is 8.70. The van der Waals surface area contributed by atoms with E-state index in [4.69, 9.17) is 0 Å². The van der Waals surface area contributed by atoms with Crippen molar-refractivity contribution in [2.24, 2.45) is 5.92 Å². The number of hydrogen-bond acceptors (Lipinski definition) is 3. The molecule has 130 valence electrons. The van der Waals surface area contributed by atoms with Gasteiger partial charge in [-0.25, -0.2) is 4.79 Å². The minimum atomic E-state index is -1.16. The summed E-state index contributed by atoms with van der Waals surface area (Å²) in [5.74, 6) is -0.282. The van der Waals surface area contributed by atoms with Crippen molar-refractivity contribution in [3.8, 4) is 0 Å². The van der Waals surface area contributed by atoms with E-state index in [1.807, 2.05) is 0 Å². The van der Waals surface area contributed by atoms with Crippen molar-refractivity contribution in [1.29, 1.82) is 0 Å². The first-order chi connectivity index (χ1) is 11.2. The quantitative estimate of drug-likeness (QED) is 0.725. The number of imide groups is 1. The van der Waals surface area contributed by atoms with E-state index in [-0.39, 0.29) is 12.5 Å². The van der Waals surface area contributed by atoms with Crippen LogP contribution in [0.15, 0.2) is 28.7 Å². The van der Waals surface area contributed by atoms with E-state index in [1.54, 1.807) is 31.2 Å². The molecule has 2 rings (SSSR count). The zero-order valence-corrected chi connectivity index (χ0v) is 15.6. The van der Waals surface area contributed by atoms with Crippen LogP contribution in [0.5, 0.6) is 0 Å². The number of amides is 4. The smallest absolute Gasteiger partial charge is 0.325 e. The molecule has 24 heavy (non-hydrogen) atoms. The molecule has 4 amide bonds. The van der Waals surface area contributed by atoms with Crippen molar-refractivity contribution in [1.82, 2.24) is 15.5 Å². The van der Waals surface area contributed by atoms with Crippen molar-refractivity contribution in [3.63, 3.8) is 0 Å². The highest BCUT2D eigenvalue weighted by molar-refractivity contribution is 9.10. The normalized spacial score (nSPS) is 20.5. The average molecular weight is 396 g/mol. The first kappa shape index (κ1) is 18.4. The lowest BCUT2D eigenvalue weighted by atomic mass is 9.92. The second kappa shape index (κ2) is 7.34. The molecular formula is C17H22BrN3O3. The Balaban J connectivity index is 2.05. The van der Waals surface area contributed by atoms with E-state index in [2.05, 4.69) is 40.4 Å². The van der Waals surface area contributed by atoms with Gasteiger partial charge in [-0.05, 0) is 37.0 Å². The van der Waals surface area contributed by atoms with Crippen molar-refractivity contribution < 1.29 is 14.4 Å². The van der Waals surface area contributed by atoms with Gasteiger partial charge in [-0.2, -0.15) is 0 Å². The number of hydrogen-bond donors (Lipinski definition) is 2. The molecule has 6 nitrogen and oxygen atoms in total. The van der Waals surface area contributed by atoms with Crippen molar-refractivity contribution in [2.45, 2.75) is 32.7 Å². The van der Waals surface area contributed by atoms with Crippen LogP contribution in [0.2, 0.25) is 0 Å². The summed E-state index contributed by atoms with van der Waals surface area (Å²) in [6.45, 7) is 6.03. The van der Waals surface area contributed by atoms with E-state index in [0.29, 0.717) is 18.0 Å². The molecule has 0 aromatic heterocycles. The molecule has 0 aliphatic carbocycles. The van der Waals surface area contributed by atoms with E-state index in [0.717, 1.165) is 15.8 Å². The molecule has 0 spiro atoms. The third-order valence-corrected chi connectivity index (χ3v) is 4.57. The van der Waals surface area contributed by atoms with Crippen LogP contribution >= 0.6 is 15.9 Å². The highest BCUT2D eigenvalue weighted by Gasteiger charge is 2.49. The van der Waals surface area contributed by atoms with Gasteiger partial charge in [0.25, 0.3) is 5.91 Å². The van der Waals surface area contributed by atoms with E-state index in [1.165, 1.54) is 0 Å². The summed E-state index contributed by atoms with van der Waals surface area (Å²) in [7, 11) is 0. The first-order valence-electron chi connectivity index (χ1n) is 7.91. The lowest BCUT2D eigenvalue weighted by molar-refractivity contribution is -0.134. The van der Waals surface area contributed by atoms with Crippen LogP contribution < -0.4 is 10.6 Å². The molecule has 1 aliphatic rings. The van der Waals surface area contributed by atoms with Gasteiger partial charge in [-0.15, -0.1) is 0 Å². The van der Waals surface area contributed by atoms with Gasteiger partial charge in [0.2, 0.25) is 5.91 Å². The molecule has 0 radical (unpaired) electrons. The largest absolute Gasteiger partial charge is 0.355 e. The number of nitrogens with one attached hydrogen (secondary N) is 2. The maximum Gasteiger partial charge on any atom is 0.325 e. The lowest BCUT2D eigenvalue weighted by Crippen LogP contribution is -2.43. The van der Waals surface area contributed by atoms with Crippen molar-refractivity contribution in [2.75, 3.05) is 13.1 Å². The van der Waals surface area contributed by atoms with Gasteiger partial charge >= 0.3 is 6.03 Å². The second-order valence-electron chi connectivity index (χ2n) is 6.49. The Bertz CT molecular complexity index is 645. The average Bonchev–Trinajstić information content (AvgIpc) is 2.72. The number of nitrogens with zero attached hydrogens (tertiary/aromatic N) is 1. The molecule has 2 N–H and O–H groups in total. The van der Waals surface area contributed by atoms with Crippen molar-refractivity contribution >= 4 is 33.8 Å². The van der Waals surface area contributed by atoms with E-state index >= 15 is 0 Å². The van der Waals surface area contributed by atoms with Gasteiger partial charge in [0.15, 0.2) is 0 Å². The zero-order valence-electron chi connectivity index (χ0n) is 14.1. The highest BCUT2D eigenvalue weighted by Crippen LogP contribution is 2.29. The Labute approximate surface area is 150 Å². The molecule has 1 aliphatic heterocycles. The molecule has 7 heteroatoms. The van der Waals surface area contributed by atoms with Gasteiger partial charge in [0.1, 0.15) is 12.1 Å². The third kappa shape index (κ3) is 3.95. The lowest BCUT2D eigenvalue weighted by Gasteiger charge is -2.22. The maximum atomic E-state index is 12.7. The summed E-state index contributed by atoms with van der Waals surface area (Å²) >= 11 is 3.34. The molecule has 1 heterocycles. The molecule has 1 aromatic carbocycles. The Morgan fingerprint density at radius 1 is 1.29 bits per heavy atom.